The minimum Gasteiger partial charge on any atom is -0.368 e. The molecule has 3 amide bonds. The highest BCUT2D eigenvalue weighted by Crippen LogP contribution is 2.32. The lowest BCUT2D eigenvalue weighted by Crippen LogP contribution is -2.49. The molecule has 3 aromatic rings. The number of nitrogens with one attached hydrogen (secondary N) is 1. The fourth-order valence-electron chi connectivity index (χ4n) is 4.56. The van der Waals surface area contributed by atoms with Gasteiger partial charge in [0, 0.05) is 42.6 Å². The number of halogens is 2. The van der Waals surface area contributed by atoms with E-state index in [9.17, 15) is 14.4 Å². The zero-order valence-corrected chi connectivity index (χ0v) is 22.3. The number of hydrogen-bond acceptors (Lipinski definition) is 5. The van der Waals surface area contributed by atoms with Crippen molar-refractivity contribution >= 4 is 58.0 Å². The topological polar surface area (TPSA) is 73.0 Å². The number of nitrogens with zero attached hydrogens (tertiary/aromatic N) is 3. The molecular weight excluding hydrogens is 523 g/mol. The van der Waals surface area contributed by atoms with Crippen LogP contribution in [0, 0.1) is 6.92 Å². The average molecular weight is 549 g/mol. The van der Waals surface area contributed by atoms with Crippen molar-refractivity contribution < 1.29 is 14.4 Å². The summed E-state index contributed by atoms with van der Waals surface area (Å²) in [5.41, 5.74) is 3.79. The van der Waals surface area contributed by atoms with Crippen molar-refractivity contribution in [3.8, 4) is 0 Å². The number of amides is 3. The number of aryl methyl sites for hydroxylation is 1. The van der Waals surface area contributed by atoms with Crippen molar-refractivity contribution in [2.45, 2.75) is 13.3 Å². The molecule has 38 heavy (non-hydrogen) atoms. The standard InChI is InChI=1S/C29H26Cl2N4O3/c1-19-7-12-23(18-24(19)30)35-28(37)26(31)27(29(35)38)32-21-10-8-20(9-11-21)17-25(36)34-15-13-33(14-16-34)22-5-3-2-4-6-22/h2-12,18,32H,13-17H2,1H3. The Bertz CT molecular complexity index is 1420. The van der Waals surface area contributed by atoms with Crippen LogP contribution >= 0.6 is 23.2 Å². The first-order chi connectivity index (χ1) is 18.3. The van der Waals surface area contributed by atoms with E-state index in [1.165, 1.54) is 5.69 Å². The van der Waals surface area contributed by atoms with E-state index < -0.39 is 11.8 Å². The Hall–Kier alpha value is -3.81. The van der Waals surface area contributed by atoms with Crippen molar-refractivity contribution in [2.24, 2.45) is 0 Å². The Morgan fingerprint density at radius 2 is 1.53 bits per heavy atom. The van der Waals surface area contributed by atoms with Crippen molar-refractivity contribution in [3.63, 3.8) is 0 Å². The van der Waals surface area contributed by atoms with Gasteiger partial charge in [-0.25, -0.2) is 4.90 Å². The third kappa shape index (κ3) is 5.26. The third-order valence-corrected chi connectivity index (χ3v) is 7.53. The second kappa shape index (κ2) is 10.9. The van der Waals surface area contributed by atoms with Gasteiger partial charge in [-0.2, -0.15) is 0 Å². The van der Waals surface area contributed by atoms with Gasteiger partial charge in [-0.1, -0.05) is 59.6 Å². The van der Waals surface area contributed by atoms with Crippen LogP contribution in [-0.4, -0.2) is 48.8 Å². The minimum atomic E-state index is -0.617. The molecule has 9 heteroatoms. The molecule has 5 rings (SSSR count). The molecule has 0 aliphatic carbocycles. The fraction of sp³-hybridized carbons (Fsp3) is 0.207. The first-order valence-electron chi connectivity index (χ1n) is 12.3. The van der Waals surface area contributed by atoms with Crippen LogP contribution in [0.3, 0.4) is 0 Å². The van der Waals surface area contributed by atoms with Gasteiger partial charge in [0.15, 0.2) is 0 Å². The van der Waals surface area contributed by atoms with Crippen LogP contribution in [0.1, 0.15) is 11.1 Å². The monoisotopic (exact) mass is 548 g/mol. The normalized spacial score (nSPS) is 15.9. The molecule has 0 unspecified atom stereocenters. The fourth-order valence-corrected chi connectivity index (χ4v) is 4.94. The van der Waals surface area contributed by atoms with Crippen LogP contribution in [0.4, 0.5) is 17.1 Å². The van der Waals surface area contributed by atoms with Crippen LogP contribution in [0.5, 0.6) is 0 Å². The Balaban J connectivity index is 1.19. The van der Waals surface area contributed by atoms with Crippen molar-refractivity contribution in [1.29, 1.82) is 0 Å². The van der Waals surface area contributed by atoms with Gasteiger partial charge in [-0.05, 0) is 54.4 Å². The predicted molar refractivity (Wildman–Crippen MR) is 151 cm³/mol. The largest absolute Gasteiger partial charge is 0.368 e. The SMILES string of the molecule is Cc1ccc(N2C(=O)C(Cl)=C(Nc3ccc(CC(=O)N4CCN(c5ccccc5)CC4)cc3)C2=O)cc1Cl. The molecule has 2 heterocycles. The molecule has 7 nitrogen and oxygen atoms in total. The number of hydrogen-bond donors (Lipinski definition) is 1. The van der Waals surface area contributed by atoms with E-state index in [0.29, 0.717) is 29.5 Å². The molecule has 1 fully saturated rings. The van der Waals surface area contributed by atoms with Crippen molar-refractivity contribution in [3.05, 3.63) is 99.7 Å². The molecule has 2 aliphatic heterocycles. The van der Waals surface area contributed by atoms with Crippen molar-refractivity contribution in [1.82, 2.24) is 4.90 Å². The van der Waals surface area contributed by atoms with Gasteiger partial charge < -0.3 is 15.1 Å². The Morgan fingerprint density at radius 1 is 0.842 bits per heavy atom. The Kier molecular flexibility index (Phi) is 7.40. The van der Waals surface area contributed by atoms with Gasteiger partial charge in [-0.3, -0.25) is 14.4 Å². The van der Waals surface area contributed by atoms with Crippen LogP contribution in [0.2, 0.25) is 5.02 Å². The number of benzene rings is 3. The quantitative estimate of drug-likeness (QED) is 0.440. The maximum Gasteiger partial charge on any atom is 0.283 e. The van der Waals surface area contributed by atoms with E-state index in [0.717, 1.165) is 29.1 Å². The summed E-state index contributed by atoms with van der Waals surface area (Å²) in [6.07, 6.45) is 0.286. The van der Waals surface area contributed by atoms with Gasteiger partial charge in [0.2, 0.25) is 5.91 Å². The molecule has 0 saturated carbocycles. The van der Waals surface area contributed by atoms with Gasteiger partial charge in [0.05, 0.1) is 12.1 Å². The van der Waals surface area contributed by atoms with E-state index in [-0.39, 0.29) is 23.1 Å². The molecule has 194 valence electrons. The molecule has 0 atom stereocenters. The number of para-hydroxylation sites is 1. The average Bonchev–Trinajstić information content (AvgIpc) is 3.14. The zero-order chi connectivity index (χ0) is 26.8. The summed E-state index contributed by atoms with van der Waals surface area (Å²) in [6.45, 7) is 4.79. The maximum absolute atomic E-state index is 13.0. The first kappa shape index (κ1) is 25.8. The molecular formula is C29H26Cl2N4O3. The second-order valence-electron chi connectivity index (χ2n) is 9.27. The number of rotatable bonds is 6. The summed E-state index contributed by atoms with van der Waals surface area (Å²) in [5, 5.41) is 3.22. The lowest BCUT2D eigenvalue weighted by atomic mass is 10.1. The van der Waals surface area contributed by atoms with Gasteiger partial charge >= 0.3 is 0 Å². The van der Waals surface area contributed by atoms with E-state index >= 15 is 0 Å². The van der Waals surface area contributed by atoms with Crippen LogP contribution < -0.4 is 15.1 Å². The summed E-state index contributed by atoms with van der Waals surface area (Å²) in [7, 11) is 0. The number of carbonyl (C=O) groups is 3. The van der Waals surface area contributed by atoms with Crippen LogP contribution in [0.15, 0.2) is 83.5 Å². The number of imide groups is 1. The molecule has 0 bridgehead atoms. The minimum absolute atomic E-state index is 0.00604. The predicted octanol–water partition coefficient (Wildman–Crippen LogP) is 4.98. The van der Waals surface area contributed by atoms with E-state index in [2.05, 4.69) is 22.3 Å². The number of piperazine rings is 1. The highest BCUT2D eigenvalue weighted by atomic mass is 35.5. The zero-order valence-electron chi connectivity index (χ0n) is 20.8. The lowest BCUT2D eigenvalue weighted by Gasteiger charge is -2.36. The molecule has 1 saturated heterocycles. The summed E-state index contributed by atoms with van der Waals surface area (Å²) in [6, 6.07) is 22.3. The summed E-state index contributed by atoms with van der Waals surface area (Å²) in [4.78, 5) is 43.8. The maximum atomic E-state index is 13.0. The molecule has 0 radical (unpaired) electrons. The summed E-state index contributed by atoms with van der Waals surface area (Å²) >= 11 is 12.4. The molecule has 0 aromatic heterocycles. The van der Waals surface area contributed by atoms with Gasteiger partial charge in [0.25, 0.3) is 11.8 Å². The molecule has 2 aliphatic rings. The molecule has 0 spiro atoms. The van der Waals surface area contributed by atoms with E-state index in [4.69, 9.17) is 23.2 Å². The van der Waals surface area contributed by atoms with Crippen LogP contribution in [-0.2, 0) is 20.8 Å². The highest BCUT2D eigenvalue weighted by molar-refractivity contribution is 6.53. The van der Waals surface area contributed by atoms with E-state index in [1.807, 2.05) is 42.2 Å². The lowest BCUT2D eigenvalue weighted by molar-refractivity contribution is -0.130. The van der Waals surface area contributed by atoms with Crippen molar-refractivity contribution in [2.75, 3.05) is 41.3 Å². The van der Waals surface area contributed by atoms with Crippen LogP contribution in [0.25, 0.3) is 0 Å². The first-order valence-corrected chi connectivity index (χ1v) is 13.1. The van der Waals surface area contributed by atoms with E-state index in [1.54, 1.807) is 30.3 Å². The van der Waals surface area contributed by atoms with Gasteiger partial charge in [0.1, 0.15) is 10.7 Å². The van der Waals surface area contributed by atoms with Gasteiger partial charge in [-0.15, -0.1) is 0 Å². The molecule has 1 N–H and O–H groups in total. The number of carbonyl (C=O) groups excluding carboxylic acids is 3. The third-order valence-electron chi connectivity index (χ3n) is 6.77. The Labute approximate surface area is 231 Å². The second-order valence-corrected chi connectivity index (χ2v) is 10.1. The number of anilines is 3. The summed E-state index contributed by atoms with van der Waals surface area (Å²) in [5.74, 6) is -1.10. The highest BCUT2D eigenvalue weighted by Gasteiger charge is 2.39. The molecule has 3 aromatic carbocycles. The Morgan fingerprint density at radius 3 is 2.18 bits per heavy atom. The summed E-state index contributed by atoms with van der Waals surface area (Å²) < 4.78 is 0. The smallest absolute Gasteiger partial charge is 0.283 e.